The predicted octanol–water partition coefficient (Wildman–Crippen LogP) is 1.06. The van der Waals surface area contributed by atoms with Crippen LogP contribution in [-0.2, 0) is 13.5 Å². The first kappa shape index (κ1) is 14.3. The first-order valence-electron chi connectivity index (χ1n) is 6.57. The molecule has 1 aromatic heterocycles. The van der Waals surface area contributed by atoms with Gasteiger partial charge in [0.1, 0.15) is 5.69 Å². The number of rotatable bonds is 5. The molecule has 1 heterocycles. The van der Waals surface area contributed by atoms with Gasteiger partial charge in [-0.1, -0.05) is 30.3 Å². The monoisotopic (exact) mass is 273 g/mol. The molecule has 0 aliphatic rings. The fourth-order valence-corrected chi connectivity index (χ4v) is 1.93. The van der Waals surface area contributed by atoms with Gasteiger partial charge >= 0.3 is 0 Å². The Balaban J connectivity index is 1.84. The number of aliphatic hydroxyl groups is 1. The second-order valence-electron chi connectivity index (χ2n) is 4.85. The van der Waals surface area contributed by atoms with Crippen LogP contribution in [-0.4, -0.2) is 33.4 Å². The molecule has 0 aliphatic carbocycles. The molecule has 0 radical (unpaired) electrons. The number of hydrogen-bond donors (Lipinski definition) is 2. The van der Waals surface area contributed by atoms with Crippen LogP contribution in [0.5, 0.6) is 0 Å². The van der Waals surface area contributed by atoms with Gasteiger partial charge in [-0.15, -0.1) is 0 Å². The van der Waals surface area contributed by atoms with Crippen LogP contribution in [0.3, 0.4) is 0 Å². The molecule has 0 bridgehead atoms. The van der Waals surface area contributed by atoms with Gasteiger partial charge in [0.15, 0.2) is 0 Å². The van der Waals surface area contributed by atoms with E-state index in [0.717, 1.165) is 11.3 Å². The highest BCUT2D eigenvalue weighted by atomic mass is 16.3. The van der Waals surface area contributed by atoms with Crippen LogP contribution in [0.2, 0.25) is 0 Å². The predicted molar refractivity (Wildman–Crippen MR) is 76.4 cm³/mol. The molecule has 1 aromatic carbocycles. The van der Waals surface area contributed by atoms with Crippen LogP contribution in [0.15, 0.2) is 36.4 Å². The number of carbonyl (C=O) groups is 1. The maximum Gasteiger partial charge on any atom is 0.271 e. The van der Waals surface area contributed by atoms with E-state index in [0.29, 0.717) is 12.1 Å². The van der Waals surface area contributed by atoms with Gasteiger partial charge in [-0.3, -0.25) is 9.48 Å². The summed E-state index contributed by atoms with van der Waals surface area (Å²) in [5, 5.41) is 16.7. The smallest absolute Gasteiger partial charge is 0.271 e. The number of benzene rings is 1. The lowest BCUT2D eigenvalue weighted by molar-refractivity contribution is 0.0910. The number of aromatic nitrogens is 2. The van der Waals surface area contributed by atoms with E-state index >= 15 is 0 Å². The molecule has 0 spiro atoms. The lowest BCUT2D eigenvalue weighted by Crippen LogP contribution is -2.33. The highest BCUT2D eigenvalue weighted by molar-refractivity contribution is 5.92. The molecule has 1 atom stereocenters. The normalized spacial score (nSPS) is 12.2. The van der Waals surface area contributed by atoms with Crippen LogP contribution in [0.25, 0.3) is 0 Å². The molecule has 2 aromatic rings. The summed E-state index contributed by atoms with van der Waals surface area (Å²) in [4.78, 5) is 11.9. The summed E-state index contributed by atoms with van der Waals surface area (Å²) in [6.07, 6.45) is -0.0892. The van der Waals surface area contributed by atoms with Crippen molar-refractivity contribution in [1.29, 1.82) is 0 Å². The van der Waals surface area contributed by atoms with E-state index in [-0.39, 0.29) is 12.5 Å². The third-order valence-electron chi connectivity index (χ3n) is 3.16. The molecule has 0 saturated heterocycles. The fraction of sp³-hybridized carbons (Fsp3) is 0.333. The zero-order chi connectivity index (χ0) is 14.5. The Labute approximate surface area is 118 Å². The van der Waals surface area contributed by atoms with Gasteiger partial charge in [-0.05, 0) is 18.6 Å². The molecule has 106 valence electrons. The third kappa shape index (κ3) is 3.68. The molecule has 5 heteroatoms. The van der Waals surface area contributed by atoms with Crippen molar-refractivity contribution in [2.75, 3.05) is 6.54 Å². The minimum atomic E-state index is -0.605. The van der Waals surface area contributed by atoms with E-state index < -0.39 is 6.10 Å². The van der Waals surface area contributed by atoms with Crippen LogP contribution in [0, 0.1) is 6.92 Å². The number of aryl methyl sites for hydroxylation is 2. The van der Waals surface area contributed by atoms with Crippen LogP contribution >= 0.6 is 0 Å². The van der Waals surface area contributed by atoms with Crippen LogP contribution in [0.1, 0.15) is 21.7 Å². The van der Waals surface area contributed by atoms with E-state index in [1.807, 2.05) is 37.3 Å². The second kappa shape index (κ2) is 6.34. The van der Waals surface area contributed by atoms with E-state index in [4.69, 9.17) is 0 Å². The Morgan fingerprint density at radius 1 is 1.40 bits per heavy atom. The Morgan fingerprint density at radius 2 is 2.10 bits per heavy atom. The first-order chi connectivity index (χ1) is 9.56. The Kier molecular flexibility index (Phi) is 4.53. The molecule has 2 rings (SSSR count). The van der Waals surface area contributed by atoms with Crippen molar-refractivity contribution in [3.05, 3.63) is 53.3 Å². The number of hydrogen-bond acceptors (Lipinski definition) is 3. The molecule has 20 heavy (non-hydrogen) atoms. The fourth-order valence-electron chi connectivity index (χ4n) is 1.93. The molecule has 0 aliphatic heterocycles. The van der Waals surface area contributed by atoms with Crippen molar-refractivity contribution < 1.29 is 9.90 Å². The zero-order valence-corrected chi connectivity index (χ0v) is 11.7. The van der Waals surface area contributed by atoms with Crippen molar-refractivity contribution in [3.63, 3.8) is 0 Å². The van der Waals surface area contributed by atoms with Gasteiger partial charge in [0.2, 0.25) is 0 Å². The minimum absolute atomic E-state index is 0.212. The Morgan fingerprint density at radius 3 is 2.70 bits per heavy atom. The van der Waals surface area contributed by atoms with E-state index in [1.54, 1.807) is 17.8 Å². The highest BCUT2D eigenvalue weighted by Gasteiger charge is 2.12. The molecular formula is C15H19N3O2. The van der Waals surface area contributed by atoms with Gasteiger partial charge in [0, 0.05) is 25.7 Å². The molecule has 1 amide bonds. The van der Waals surface area contributed by atoms with Crippen LogP contribution < -0.4 is 5.32 Å². The number of carbonyl (C=O) groups excluding carboxylic acids is 1. The molecule has 1 unspecified atom stereocenters. The summed E-state index contributed by atoms with van der Waals surface area (Å²) in [7, 11) is 1.79. The summed E-state index contributed by atoms with van der Waals surface area (Å²) in [5.41, 5.74) is 2.33. The van der Waals surface area contributed by atoms with E-state index in [1.165, 1.54) is 0 Å². The number of nitrogens with one attached hydrogen (secondary N) is 1. The van der Waals surface area contributed by atoms with Crippen LogP contribution in [0.4, 0.5) is 0 Å². The molecular weight excluding hydrogens is 254 g/mol. The number of aliphatic hydroxyl groups excluding tert-OH is 1. The van der Waals surface area contributed by atoms with Gasteiger partial charge in [0.05, 0.1) is 6.10 Å². The molecule has 0 fully saturated rings. The number of nitrogens with zero attached hydrogens (tertiary/aromatic N) is 2. The number of amides is 1. The van der Waals surface area contributed by atoms with Gasteiger partial charge in [-0.25, -0.2) is 0 Å². The maximum atomic E-state index is 11.9. The first-order valence-corrected chi connectivity index (χ1v) is 6.57. The van der Waals surface area contributed by atoms with Gasteiger partial charge in [0.25, 0.3) is 5.91 Å². The average molecular weight is 273 g/mol. The summed E-state index contributed by atoms with van der Waals surface area (Å²) in [6.45, 7) is 2.09. The molecule has 5 nitrogen and oxygen atoms in total. The Bertz CT molecular complexity index is 559. The van der Waals surface area contributed by atoms with Gasteiger partial charge in [-0.2, -0.15) is 5.10 Å². The standard InChI is InChI=1S/C15H19N3O2/c1-11-8-14(17-18(11)2)15(20)16-10-13(19)9-12-6-4-3-5-7-12/h3-8,13,19H,9-10H2,1-2H3,(H,16,20). The minimum Gasteiger partial charge on any atom is -0.391 e. The average Bonchev–Trinajstić information content (AvgIpc) is 2.77. The summed E-state index contributed by atoms with van der Waals surface area (Å²) < 4.78 is 1.65. The topological polar surface area (TPSA) is 67.2 Å². The summed E-state index contributed by atoms with van der Waals surface area (Å²) >= 11 is 0. The quantitative estimate of drug-likeness (QED) is 0.856. The maximum absolute atomic E-state index is 11.9. The summed E-state index contributed by atoms with van der Waals surface area (Å²) in [6, 6.07) is 11.4. The second-order valence-corrected chi connectivity index (χ2v) is 4.85. The zero-order valence-electron chi connectivity index (χ0n) is 11.7. The SMILES string of the molecule is Cc1cc(C(=O)NCC(O)Cc2ccccc2)nn1C. The lowest BCUT2D eigenvalue weighted by atomic mass is 10.1. The lowest BCUT2D eigenvalue weighted by Gasteiger charge is -2.11. The van der Waals surface area contributed by atoms with Crippen molar-refractivity contribution in [3.8, 4) is 0 Å². The van der Waals surface area contributed by atoms with Crippen molar-refractivity contribution in [2.45, 2.75) is 19.4 Å². The van der Waals surface area contributed by atoms with E-state index in [9.17, 15) is 9.90 Å². The third-order valence-corrected chi connectivity index (χ3v) is 3.16. The largest absolute Gasteiger partial charge is 0.391 e. The molecule has 0 saturated carbocycles. The highest BCUT2D eigenvalue weighted by Crippen LogP contribution is 2.04. The van der Waals surface area contributed by atoms with E-state index in [2.05, 4.69) is 10.4 Å². The van der Waals surface area contributed by atoms with Crippen molar-refractivity contribution in [1.82, 2.24) is 15.1 Å². The summed E-state index contributed by atoms with van der Waals surface area (Å²) in [5.74, 6) is -0.263. The van der Waals surface area contributed by atoms with Crippen molar-refractivity contribution in [2.24, 2.45) is 7.05 Å². The molecule has 2 N–H and O–H groups in total. The Hall–Kier alpha value is -2.14. The van der Waals surface area contributed by atoms with Crippen molar-refractivity contribution >= 4 is 5.91 Å². The van der Waals surface area contributed by atoms with Gasteiger partial charge < -0.3 is 10.4 Å².